The molecule has 1 atom stereocenters. The van der Waals surface area contributed by atoms with Gasteiger partial charge in [0.05, 0.1) is 6.42 Å². The second kappa shape index (κ2) is 6.38. The van der Waals surface area contributed by atoms with E-state index in [1.807, 2.05) is 48.7 Å². The number of aromatic amines is 1. The van der Waals surface area contributed by atoms with Crippen LogP contribution in [0.3, 0.4) is 0 Å². The number of para-hydroxylation sites is 1. The monoisotopic (exact) mass is 327 g/mol. The van der Waals surface area contributed by atoms with Crippen LogP contribution < -0.4 is 0 Å². The van der Waals surface area contributed by atoms with Crippen molar-refractivity contribution in [3.05, 3.63) is 57.9 Å². The van der Waals surface area contributed by atoms with Gasteiger partial charge < -0.3 is 9.72 Å². The zero-order valence-electron chi connectivity index (χ0n) is 13.0. The van der Waals surface area contributed by atoms with Crippen molar-refractivity contribution in [3.63, 3.8) is 0 Å². The SMILES string of the molecule is Cc1[nH]c2ccccc2c1C(=O)[C@H](C)OC(=O)Cc1cccs1. The highest BCUT2D eigenvalue weighted by atomic mass is 32.1. The molecule has 0 radical (unpaired) electrons. The van der Waals surface area contributed by atoms with Crippen LogP contribution in [0.1, 0.15) is 27.9 Å². The fraction of sp³-hybridized carbons (Fsp3) is 0.222. The summed E-state index contributed by atoms with van der Waals surface area (Å²) in [5.41, 5.74) is 2.29. The molecule has 1 aromatic carbocycles. The molecular weight excluding hydrogens is 310 g/mol. The van der Waals surface area contributed by atoms with Gasteiger partial charge in [-0.1, -0.05) is 24.3 Å². The first-order chi connectivity index (χ1) is 11.1. The van der Waals surface area contributed by atoms with Crippen LogP contribution >= 0.6 is 11.3 Å². The number of aromatic nitrogens is 1. The molecular formula is C18H17NO3S. The highest BCUT2D eigenvalue weighted by Crippen LogP contribution is 2.24. The summed E-state index contributed by atoms with van der Waals surface area (Å²) in [7, 11) is 0. The number of carbonyl (C=O) groups excluding carboxylic acids is 2. The van der Waals surface area contributed by atoms with Gasteiger partial charge in [-0.05, 0) is 31.4 Å². The van der Waals surface area contributed by atoms with E-state index in [2.05, 4.69) is 4.98 Å². The van der Waals surface area contributed by atoms with E-state index in [4.69, 9.17) is 4.74 Å². The van der Waals surface area contributed by atoms with Crippen LogP contribution in [0.4, 0.5) is 0 Å². The number of ether oxygens (including phenoxy) is 1. The van der Waals surface area contributed by atoms with E-state index < -0.39 is 6.10 Å². The summed E-state index contributed by atoms with van der Waals surface area (Å²) in [6, 6.07) is 11.4. The Morgan fingerprint density at radius 1 is 1.22 bits per heavy atom. The third-order valence-corrected chi connectivity index (χ3v) is 4.59. The number of benzene rings is 1. The molecule has 0 aliphatic rings. The average molecular weight is 327 g/mol. The van der Waals surface area contributed by atoms with Crippen LogP contribution in [-0.4, -0.2) is 22.8 Å². The Bertz CT molecular complexity index is 848. The summed E-state index contributed by atoms with van der Waals surface area (Å²) in [4.78, 5) is 28.8. The van der Waals surface area contributed by atoms with Gasteiger partial charge in [0, 0.05) is 27.0 Å². The molecule has 3 rings (SSSR count). The first-order valence-electron chi connectivity index (χ1n) is 7.39. The van der Waals surface area contributed by atoms with E-state index in [1.165, 1.54) is 11.3 Å². The lowest BCUT2D eigenvalue weighted by Gasteiger charge is -2.12. The highest BCUT2D eigenvalue weighted by molar-refractivity contribution is 7.10. The van der Waals surface area contributed by atoms with Crippen molar-refractivity contribution in [2.75, 3.05) is 0 Å². The zero-order chi connectivity index (χ0) is 16.4. The predicted octanol–water partition coefficient (Wildman–Crippen LogP) is 3.89. The van der Waals surface area contributed by atoms with E-state index >= 15 is 0 Å². The number of H-pyrrole nitrogens is 1. The smallest absolute Gasteiger partial charge is 0.311 e. The summed E-state index contributed by atoms with van der Waals surface area (Å²) < 4.78 is 5.32. The van der Waals surface area contributed by atoms with Gasteiger partial charge in [-0.3, -0.25) is 9.59 Å². The molecule has 2 aromatic heterocycles. The van der Waals surface area contributed by atoms with Gasteiger partial charge in [0.2, 0.25) is 5.78 Å². The van der Waals surface area contributed by atoms with Crippen LogP contribution in [0, 0.1) is 6.92 Å². The number of rotatable bonds is 5. The second-order valence-corrected chi connectivity index (χ2v) is 6.46. The molecule has 0 saturated heterocycles. The Kier molecular flexibility index (Phi) is 4.30. The third kappa shape index (κ3) is 3.19. The molecule has 2 heterocycles. The molecule has 0 saturated carbocycles. The van der Waals surface area contributed by atoms with E-state index in [9.17, 15) is 9.59 Å². The Balaban J connectivity index is 1.76. The minimum absolute atomic E-state index is 0.181. The van der Waals surface area contributed by atoms with Crippen molar-refractivity contribution in [2.45, 2.75) is 26.4 Å². The van der Waals surface area contributed by atoms with Crippen molar-refractivity contribution in [3.8, 4) is 0 Å². The van der Waals surface area contributed by atoms with Crippen molar-refractivity contribution in [1.82, 2.24) is 4.98 Å². The van der Waals surface area contributed by atoms with Crippen LogP contribution in [0.25, 0.3) is 10.9 Å². The number of hydrogen-bond donors (Lipinski definition) is 1. The minimum atomic E-state index is -0.805. The quantitative estimate of drug-likeness (QED) is 0.571. The Morgan fingerprint density at radius 2 is 2.00 bits per heavy atom. The van der Waals surface area contributed by atoms with Gasteiger partial charge in [-0.2, -0.15) is 0 Å². The number of aryl methyl sites for hydroxylation is 1. The molecule has 1 N–H and O–H groups in total. The van der Waals surface area contributed by atoms with Gasteiger partial charge in [-0.15, -0.1) is 11.3 Å². The second-order valence-electron chi connectivity index (χ2n) is 5.42. The standard InChI is InChI=1S/C18H17NO3S/c1-11-17(14-7-3-4-8-15(14)19-11)18(21)12(2)22-16(20)10-13-6-5-9-23-13/h3-9,12,19H,10H2,1-2H3/t12-/m0/s1. The molecule has 118 valence electrons. The zero-order valence-corrected chi connectivity index (χ0v) is 13.8. The van der Waals surface area contributed by atoms with Crippen LogP contribution in [-0.2, 0) is 16.0 Å². The molecule has 3 aromatic rings. The molecule has 0 aliphatic carbocycles. The lowest BCUT2D eigenvalue weighted by Crippen LogP contribution is -2.25. The fourth-order valence-corrected chi connectivity index (χ4v) is 3.34. The van der Waals surface area contributed by atoms with Crippen molar-refractivity contribution < 1.29 is 14.3 Å². The summed E-state index contributed by atoms with van der Waals surface area (Å²) in [5, 5.41) is 2.77. The lowest BCUT2D eigenvalue weighted by atomic mass is 10.0. The Labute approximate surface area is 138 Å². The largest absolute Gasteiger partial charge is 0.454 e. The summed E-state index contributed by atoms with van der Waals surface area (Å²) >= 11 is 1.50. The molecule has 23 heavy (non-hydrogen) atoms. The number of esters is 1. The van der Waals surface area contributed by atoms with Gasteiger partial charge in [0.15, 0.2) is 6.10 Å². The molecule has 0 spiro atoms. The maximum Gasteiger partial charge on any atom is 0.311 e. The molecule has 0 aliphatic heterocycles. The normalized spacial score (nSPS) is 12.3. The molecule has 5 heteroatoms. The summed E-state index contributed by atoms with van der Waals surface area (Å²) in [6.07, 6.45) is -0.609. The van der Waals surface area contributed by atoms with Crippen LogP contribution in [0.2, 0.25) is 0 Å². The van der Waals surface area contributed by atoms with E-state index in [1.54, 1.807) is 6.92 Å². The molecule has 0 fully saturated rings. The Morgan fingerprint density at radius 3 is 2.74 bits per heavy atom. The number of fused-ring (bicyclic) bond motifs is 1. The summed E-state index contributed by atoms with van der Waals surface area (Å²) in [5.74, 6) is -0.565. The number of thiophene rings is 1. The van der Waals surface area contributed by atoms with Crippen molar-refractivity contribution in [1.29, 1.82) is 0 Å². The summed E-state index contributed by atoms with van der Waals surface area (Å²) in [6.45, 7) is 3.48. The third-order valence-electron chi connectivity index (χ3n) is 3.72. The van der Waals surface area contributed by atoms with Gasteiger partial charge in [-0.25, -0.2) is 0 Å². The van der Waals surface area contributed by atoms with Gasteiger partial charge in [0.1, 0.15) is 0 Å². The Hall–Kier alpha value is -2.40. The predicted molar refractivity (Wildman–Crippen MR) is 90.9 cm³/mol. The van der Waals surface area contributed by atoms with Gasteiger partial charge >= 0.3 is 5.97 Å². The molecule has 0 unspecified atom stereocenters. The number of Topliss-reactive ketones (excluding diaryl/α,β-unsaturated/α-hetero) is 1. The number of hydrogen-bond acceptors (Lipinski definition) is 4. The van der Waals surface area contributed by atoms with Crippen LogP contribution in [0.5, 0.6) is 0 Å². The van der Waals surface area contributed by atoms with Crippen LogP contribution in [0.15, 0.2) is 41.8 Å². The topological polar surface area (TPSA) is 59.2 Å². The number of nitrogens with one attached hydrogen (secondary N) is 1. The van der Waals surface area contributed by atoms with E-state index in [0.717, 1.165) is 21.5 Å². The van der Waals surface area contributed by atoms with Crippen molar-refractivity contribution >= 4 is 34.0 Å². The first-order valence-corrected chi connectivity index (χ1v) is 8.27. The highest BCUT2D eigenvalue weighted by Gasteiger charge is 2.24. The van der Waals surface area contributed by atoms with E-state index in [-0.39, 0.29) is 18.2 Å². The molecule has 0 bridgehead atoms. The molecule has 4 nitrogen and oxygen atoms in total. The first kappa shape index (κ1) is 15.5. The minimum Gasteiger partial charge on any atom is -0.454 e. The maximum absolute atomic E-state index is 12.7. The lowest BCUT2D eigenvalue weighted by molar-refractivity contribution is -0.145. The fourth-order valence-electron chi connectivity index (χ4n) is 2.65. The number of ketones is 1. The number of carbonyl (C=O) groups is 2. The van der Waals surface area contributed by atoms with Gasteiger partial charge in [0.25, 0.3) is 0 Å². The molecule has 0 amide bonds. The maximum atomic E-state index is 12.7. The van der Waals surface area contributed by atoms with Crippen molar-refractivity contribution in [2.24, 2.45) is 0 Å². The van der Waals surface area contributed by atoms with E-state index in [0.29, 0.717) is 5.56 Å². The average Bonchev–Trinajstić information content (AvgIpc) is 3.12.